The van der Waals surface area contributed by atoms with Crippen molar-refractivity contribution in [3.8, 4) is 5.75 Å². The molecular formula is C20H29N3O2S. The molecule has 6 heteroatoms. The van der Waals surface area contributed by atoms with Gasteiger partial charge in [0, 0.05) is 12.2 Å². The molecule has 0 aliphatic heterocycles. The fourth-order valence-corrected chi connectivity index (χ4v) is 3.51. The summed E-state index contributed by atoms with van der Waals surface area (Å²) in [5, 5.41) is 3.83. The summed E-state index contributed by atoms with van der Waals surface area (Å²) in [5.41, 5.74) is 3.38. The van der Waals surface area contributed by atoms with Gasteiger partial charge in [0.15, 0.2) is 5.16 Å². The van der Waals surface area contributed by atoms with E-state index < -0.39 is 0 Å². The highest BCUT2D eigenvalue weighted by atomic mass is 32.2. The lowest BCUT2D eigenvalue weighted by Crippen LogP contribution is -2.29. The van der Waals surface area contributed by atoms with Gasteiger partial charge in [-0.3, -0.25) is 4.79 Å². The van der Waals surface area contributed by atoms with E-state index in [0.29, 0.717) is 18.9 Å². The normalized spacial score (nSPS) is 10.8. The van der Waals surface area contributed by atoms with Gasteiger partial charge in [0.1, 0.15) is 12.4 Å². The van der Waals surface area contributed by atoms with Gasteiger partial charge in [0.25, 0.3) is 0 Å². The number of imidazole rings is 1. The number of ether oxygens (including phenoxy) is 1. The van der Waals surface area contributed by atoms with Crippen LogP contribution in [0.4, 0.5) is 0 Å². The summed E-state index contributed by atoms with van der Waals surface area (Å²) in [6.45, 7) is 10.2. The van der Waals surface area contributed by atoms with E-state index in [4.69, 9.17) is 4.74 Å². The van der Waals surface area contributed by atoms with Crippen molar-refractivity contribution in [2.24, 2.45) is 0 Å². The molecule has 0 aliphatic rings. The lowest BCUT2D eigenvalue weighted by atomic mass is 10.2. The third-order valence-electron chi connectivity index (χ3n) is 4.17. The first kappa shape index (κ1) is 20.4. The molecule has 0 atom stereocenters. The molecule has 0 aliphatic carbocycles. The fraction of sp³-hybridized carbons (Fsp3) is 0.500. The number of rotatable bonds is 10. The van der Waals surface area contributed by atoms with Crippen molar-refractivity contribution < 1.29 is 9.53 Å². The van der Waals surface area contributed by atoms with Crippen LogP contribution in [0.1, 0.15) is 36.7 Å². The number of amides is 1. The second kappa shape index (κ2) is 10.3. The molecular weight excluding hydrogens is 346 g/mol. The minimum absolute atomic E-state index is 0.00295. The van der Waals surface area contributed by atoms with Crippen molar-refractivity contribution >= 4 is 17.7 Å². The average Bonchev–Trinajstić information content (AvgIpc) is 2.89. The quantitative estimate of drug-likeness (QED) is 0.505. The molecule has 1 amide bonds. The van der Waals surface area contributed by atoms with Crippen LogP contribution in [0.25, 0.3) is 0 Å². The van der Waals surface area contributed by atoms with Gasteiger partial charge in [-0.25, -0.2) is 4.98 Å². The van der Waals surface area contributed by atoms with E-state index in [9.17, 15) is 4.79 Å². The predicted octanol–water partition coefficient (Wildman–Crippen LogP) is 3.90. The number of nitrogens with zero attached hydrogens (tertiary/aromatic N) is 2. The number of aryl methyl sites for hydroxylation is 2. The maximum atomic E-state index is 12.1. The summed E-state index contributed by atoms with van der Waals surface area (Å²) >= 11 is 1.50. The zero-order valence-corrected chi connectivity index (χ0v) is 17.0. The first-order valence-corrected chi connectivity index (χ1v) is 10.1. The largest absolute Gasteiger partial charge is 0.492 e. The van der Waals surface area contributed by atoms with E-state index in [-0.39, 0.29) is 5.91 Å². The van der Waals surface area contributed by atoms with Crippen LogP contribution in [0.3, 0.4) is 0 Å². The summed E-state index contributed by atoms with van der Waals surface area (Å²) in [6, 6.07) is 7.90. The third kappa shape index (κ3) is 6.09. The Morgan fingerprint density at radius 1 is 1.31 bits per heavy atom. The van der Waals surface area contributed by atoms with Crippen molar-refractivity contribution in [3.63, 3.8) is 0 Å². The molecule has 0 fully saturated rings. The first-order chi connectivity index (χ1) is 12.5. The van der Waals surface area contributed by atoms with E-state index in [1.807, 2.05) is 38.1 Å². The molecule has 0 saturated carbocycles. The molecule has 0 radical (unpaired) electrons. The molecule has 5 nitrogen and oxygen atoms in total. The molecule has 1 aromatic carbocycles. The molecule has 1 aromatic heterocycles. The molecule has 142 valence electrons. The Morgan fingerprint density at radius 3 is 2.85 bits per heavy atom. The number of thioether (sulfide) groups is 1. The molecule has 1 N–H and O–H groups in total. The standard InChI is InChI=1S/C20H29N3O2S/c1-5-6-11-23-17(4)16(3)22-20(23)26-14-19(24)21-10-12-25-18-9-7-8-15(2)13-18/h7-9,13H,5-6,10-12,14H2,1-4H3,(H,21,24). The van der Waals surface area contributed by atoms with Crippen LogP contribution in [-0.2, 0) is 11.3 Å². The second-order valence-corrected chi connectivity index (χ2v) is 7.32. The van der Waals surface area contributed by atoms with E-state index in [0.717, 1.165) is 41.5 Å². The molecule has 0 saturated heterocycles. The Morgan fingerprint density at radius 2 is 2.12 bits per heavy atom. The van der Waals surface area contributed by atoms with Gasteiger partial charge in [0.2, 0.25) is 5.91 Å². The Hall–Kier alpha value is -1.95. The third-order valence-corrected chi connectivity index (χ3v) is 5.15. The molecule has 1 heterocycles. The average molecular weight is 376 g/mol. The van der Waals surface area contributed by atoms with Crippen molar-refractivity contribution in [1.29, 1.82) is 0 Å². The zero-order valence-electron chi connectivity index (χ0n) is 16.2. The first-order valence-electron chi connectivity index (χ1n) is 9.14. The number of aromatic nitrogens is 2. The topological polar surface area (TPSA) is 56.2 Å². The Kier molecular flexibility index (Phi) is 8.04. The van der Waals surface area contributed by atoms with Crippen LogP contribution in [-0.4, -0.2) is 34.4 Å². The van der Waals surface area contributed by atoms with Gasteiger partial charge in [-0.05, 0) is 44.9 Å². The number of carbonyl (C=O) groups is 1. The number of unbranched alkanes of at least 4 members (excludes halogenated alkanes) is 1. The van der Waals surface area contributed by atoms with E-state index in [2.05, 4.69) is 28.7 Å². The van der Waals surface area contributed by atoms with Gasteiger partial charge in [0.05, 0.1) is 18.0 Å². The van der Waals surface area contributed by atoms with Gasteiger partial charge in [-0.2, -0.15) is 0 Å². The van der Waals surface area contributed by atoms with Gasteiger partial charge >= 0.3 is 0 Å². The maximum Gasteiger partial charge on any atom is 0.230 e. The SMILES string of the molecule is CCCCn1c(SCC(=O)NCCOc2cccc(C)c2)nc(C)c1C. The highest BCUT2D eigenvalue weighted by molar-refractivity contribution is 7.99. The van der Waals surface area contributed by atoms with E-state index >= 15 is 0 Å². The number of benzene rings is 1. The minimum atomic E-state index is 0.00295. The highest BCUT2D eigenvalue weighted by Crippen LogP contribution is 2.21. The lowest BCUT2D eigenvalue weighted by molar-refractivity contribution is -0.118. The predicted molar refractivity (Wildman–Crippen MR) is 107 cm³/mol. The summed E-state index contributed by atoms with van der Waals surface area (Å²) in [7, 11) is 0. The Labute approximate surface area is 160 Å². The van der Waals surface area contributed by atoms with Crippen molar-refractivity contribution in [3.05, 3.63) is 41.2 Å². The molecule has 2 rings (SSSR count). The smallest absolute Gasteiger partial charge is 0.230 e. The molecule has 2 aromatic rings. The van der Waals surface area contributed by atoms with E-state index in [1.165, 1.54) is 17.5 Å². The lowest BCUT2D eigenvalue weighted by Gasteiger charge is -2.10. The minimum Gasteiger partial charge on any atom is -0.492 e. The Balaban J connectivity index is 1.74. The van der Waals surface area contributed by atoms with Crippen LogP contribution >= 0.6 is 11.8 Å². The number of hydrogen-bond donors (Lipinski definition) is 1. The molecule has 0 spiro atoms. The van der Waals surface area contributed by atoms with Crippen molar-refractivity contribution in [2.45, 2.75) is 52.2 Å². The summed E-state index contributed by atoms with van der Waals surface area (Å²) < 4.78 is 7.86. The van der Waals surface area contributed by atoms with Gasteiger partial charge in [-0.1, -0.05) is 37.2 Å². The van der Waals surface area contributed by atoms with Crippen LogP contribution in [0.2, 0.25) is 0 Å². The summed E-state index contributed by atoms with van der Waals surface area (Å²) in [6.07, 6.45) is 2.26. The van der Waals surface area contributed by atoms with Crippen molar-refractivity contribution in [2.75, 3.05) is 18.9 Å². The molecule has 26 heavy (non-hydrogen) atoms. The van der Waals surface area contributed by atoms with Crippen molar-refractivity contribution in [1.82, 2.24) is 14.9 Å². The van der Waals surface area contributed by atoms with Crippen LogP contribution in [0, 0.1) is 20.8 Å². The number of carbonyl (C=O) groups excluding carboxylic acids is 1. The molecule has 0 bridgehead atoms. The van der Waals surface area contributed by atoms with Crippen LogP contribution in [0.5, 0.6) is 5.75 Å². The van der Waals surface area contributed by atoms with Crippen LogP contribution < -0.4 is 10.1 Å². The maximum absolute atomic E-state index is 12.1. The summed E-state index contributed by atoms with van der Waals surface area (Å²) in [5.74, 6) is 1.20. The highest BCUT2D eigenvalue weighted by Gasteiger charge is 2.12. The van der Waals surface area contributed by atoms with Gasteiger partial charge < -0.3 is 14.6 Å². The zero-order chi connectivity index (χ0) is 18.9. The number of hydrogen-bond acceptors (Lipinski definition) is 4. The Bertz CT molecular complexity index is 728. The van der Waals surface area contributed by atoms with Crippen LogP contribution in [0.15, 0.2) is 29.4 Å². The molecule has 0 unspecified atom stereocenters. The summed E-state index contributed by atoms with van der Waals surface area (Å²) in [4.78, 5) is 16.7. The fourth-order valence-electron chi connectivity index (χ4n) is 2.56. The second-order valence-electron chi connectivity index (χ2n) is 6.37. The van der Waals surface area contributed by atoms with E-state index in [1.54, 1.807) is 0 Å². The monoisotopic (exact) mass is 375 g/mol. The van der Waals surface area contributed by atoms with Gasteiger partial charge in [-0.15, -0.1) is 0 Å². The number of nitrogens with one attached hydrogen (secondary N) is 1.